The van der Waals surface area contributed by atoms with E-state index in [-0.39, 0.29) is 11.6 Å². The maximum Gasteiger partial charge on any atom is 0.471 e. The second-order valence-corrected chi connectivity index (χ2v) is 8.50. The van der Waals surface area contributed by atoms with Crippen LogP contribution in [0.2, 0.25) is 0 Å². The molecule has 2 aromatic rings. The first-order chi connectivity index (χ1) is 15.4. The molecule has 176 valence electrons. The summed E-state index contributed by atoms with van der Waals surface area (Å²) in [5, 5.41) is 9.83. The number of thioether (sulfide) groups is 1. The number of amidine groups is 1. The zero-order valence-electron chi connectivity index (χ0n) is 18.1. The molecule has 2 aromatic carbocycles. The standard InChI is InChI=1S/C12H12N2OS.C10H11F3N2OS/c1-2-10-11(15)14(12(13)16-10)8-9-6-4-3-5-7-9;1-15(2)7-5-6(3-4-8(7)17)14-9(16)10(11,12)13/h2-7,13H,8H2,1H3;3-5,17H,1-2H3,(H,14,16)/b10-2-,13-12?;. The van der Waals surface area contributed by atoms with Crippen LogP contribution < -0.4 is 10.2 Å². The second kappa shape index (κ2) is 11.3. The van der Waals surface area contributed by atoms with Crippen LogP contribution in [0.15, 0.2) is 64.4 Å². The van der Waals surface area contributed by atoms with Crippen molar-refractivity contribution < 1.29 is 22.8 Å². The van der Waals surface area contributed by atoms with Crippen LogP contribution in [0.3, 0.4) is 0 Å². The highest BCUT2D eigenvalue weighted by atomic mass is 32.2. The molecular formula is C22H23F3N4O2S2. The van der Waals surface area contributed by atoms with Gasteiger partial charge >= 0.3 is 12.1 Å². The summed E-state index contributed by atoms with van der Waals surface area (Å²) in [7, 11) is 3.45. The largest absolute Gasteiger partial charge is 0.471 e. The molecule has 1 saturated heterocycles. The first kappa shape index (κ1) is 26.3. The minimum Gasteiger partial charge on any atom is -0.377 e. The quantitative estimate of drug-likeness (QED) is 0.405. The molecular weight excluding hydrogens is 473 g/mol. The van der Waals surface area contributed by atoms with Crippen LogP contribution in [0.5, 0.6) is 0 Å². The van der Waals surface area contributed by atoms with Crippen molar-refractivity contribution in [2.75, 3.05) is 24.3 Å². The predicted molar refractivity (Wildman–Crippen MR) is 129 cm³/mol. The molecule has 0 spiro atoms. The van der Waals surface area contributed by atoms with Crippen molar-refractivity contribution in [2.45, 2.75) is 24.5 Å². The van der Waals surface area contributed by atoms with Gasteiger partial charge in [-0.1, -0.05) is 36.4 Å². The van der Waals surface area contributed by atoms with E-state index in [4.69, 9.17) is 5.41 Å². The number of thiol groups is 1. The lowest BCUT2D eigenvalue weighted by molar-refractivity contribution is -0.167. The number of halogens is 3. The summed E-state index contributed by atoms with van der Waals surface area (Å²) in [5.41, 5.74) is 1.74. The number of carbonyl (C=O) groups is 2. The molecule has 0 bridgehead atoms. The van der Waals surface area contributed by atoms with Gasteiger partial charge in [-0.25, -0.2) is 0 Å². The average Bonchev–Trinajstić information content (AvgIpc) is 3.03. The fourth-order valence-electron chi connectivity index (χ4n) is 2.68. The molecule has 0 radical (unpaired) electrons. The number of benzene rings is 2. The Hall–Kier alpha value is -2.92. The molecule has 1 aliphatic heterocycles. The topological polar surface area (TPSA) is 76.5 Å². The molecule has 6 nitrogen and oxygen atoms in total. The normalized spacial score (nSPS) is 14.8. The van der Waals surface area contributed by atoms with Crippen LogP contribution in [0.4, 0.5) is 24.5 Å². The van der Waals surface area contributed by atoms with Crippen LogP contribution in [-0.4, -0.2) is 42.2 Å². The van der Waals surface area contributed by atoms with Gasteiger partial charge in [0, 0.05) is 24.7 Å². The third-order valence-corrected chi connectivity index (χ3v) is 5.75. The van der Waals surface area contributed by atoms with Crippen LogP contribution in [-0.2, 0) is 16.1 Å². The van der Waals surface area contributed by atoms with Gasteiger partial charge in [-0.2, -0.15) is 13.2 Å². The summed E-state index contributed by atoms with van der Waals surface area (Å²) >= 11 is 5.38. The Morgan fingerprint density at radius 3 is 2.36 bits per heavy atom. The van der Waals surface area contributed by atoms with Crippen molar-refractivity contribution >= 4 is 52.7 Å². The summed E-state index contributed by atoms with van der Waals surface area (Å²) in [5.74, 6) is -2.06. The maximum absolute atomic E-state index is 12.0. The lowest BCUT2D eigenvalue weighted by Crippen LogP contribution is -2.30. The van der Waals surface area contributed by atoms with Crippen molar-refractivity contribution in [2.24, 2.45) is 0 Å². The first-order valence-electron chi connectivity index (χ1n) is 9.61. The summed E-state index contributed by atoms with van der Waals surface area (Å²) in [4.78, 5) is 27.0. The lowest BCUT2D eigenvalue weighted by Gasteiger charge is -2.16. The molecule has 33 heavy (non-hydrogen) atoms. The Kier molecular flexibility index (Phi) is 9.00. The zero-order valence-corrected chi connectivity index (χ0v) is 19.8. The third-order valence-electron chi connectivity index (χ3n) is 4.33. The Morgan fingerprint density at radius 2 is 1.85 bits per heavy atom. The number of nitrogens with one attached hydrogen (secondary N) is 2. The van der Waals surface area contributed by atoms with Gasteiger partial charge in [0.05, 0.1) is 17.1 Å². The molecule has 0 aliphatic carbocycles. The van der Waals surface area contributed by atoms with E-state index in [9.17, 15) is 22.8 Å². The molecule has 11 heteroatoms. The summed E-state index contributed by atoms with van der Waals surface area (Å²) in [6.45, 7) is 2.29. The molecule has 1 aliphatic rings. The van der Waals surface area contributed by atoms with E-state index < -0.39 is 12.1 Å². The smallest absolute Gasteiger partial charge is 0.377 e. The van der Waals surface area contributed by atoms with E-state index >= 15 is 0 Å². The van der Waals surface area contributed by atoms with Crippen molar-refractivity contribution in [1.82, 2.24) is 4.90 Å². The highest BCUT2D eigenvalue weighted by Gasteiger charge is 2.38. The number of carbonyl (C=O) groups excluding carboxylic acids is 2. The van der Waals surface area contributed by atoms with E-state index in [1.54, 1.807) is 30.4 Å². The zero-order chi connectivity index (χ0) is 24.8. The van der Waals surface area contributed by atoms with E-state index in [1.165, 1.54) is 34.9 Å². The van der Waals surface area contributed by atoms with Gasteiger partial charge in [0.15, 0.2) is 5.17 Å². The van der Waals surface area contributed by atoms with Crippen LogP contribution in [0, 0.1) is 5.41 Å². The molecule has 1 fully saturated rings. The molecule has 2 amide bonds. The van der Waals surface area contributed by atoms with Crippen LogP contribution in [0.25, 0.3) is 0 Å². The fourth-order valence-corrected chi connectivity index (χ4v) is 3.80. The van der Waals surface area contributed by atoms with E-state index in [1.807, 2.05) is 37.3 Å². The van der Waals surface area contributed by atoms with E-state index in [0.29, 0.717) is 27.2 Å². The summed E-state index contributed by atoms with van der Waals surface area (Å²) in [6, 6.07) is 14.0. The van der Waals surface area contributed by atoms with Crippen LogP contribution in [0.1, 0.15) is 12.5 Å². The predicted octanol–water partition coefficient (Wildman–Crippen LogP) is 5.14. The Bertz CT molecular complexity index is 1060. The Labute approximate surface area is 199 Å². The third kappa shape index (κ3) is 7.29. The van der Waals surface area contributed by atoms with Gasteiger partial charge in [0.2, 0.25) is 0 Å². The van der Waals surface area contributed by atoms with Crippen molar-refractivity contribution in [3.8, 4) is 0 Å². The highest BCUT2D eigenvalue weighted by Crippen LogP contribution is 2.30. The van der Waals surface area contributed by atoms with Gasteiger partial charge in [0.25, 0.3) is 5.91 Å². The van der Waals surface area contributed by atoms with Gasteiger partial charge in [-0.05, 0) is 42.4 Å². The first-order valence-corrected chi connectivity index (χ1v) is 10.9. The number of hydrogen-bond acceptors (Lipinski definition) is 6. The molecule has 3 rings (SSSR count). The Morgan fingerprint density at radius 1 is 1.21 bits per heavy atom. The van der Waals surface area contributed by atoms with Crippen molar-refractivity contribution in [1.29, 1.82) is 5.41 Å². The molecule has 1 heterocycles. The molecule has 0 saturated carbocycles. The highest BCUT2D eigenvalue weighted by molar-refractivity contribution is 8.18. The summed E-state index contributed by atoms with van der Waals surface area (Å²) < 4.78 is 36.1. The lowest BCUT2D eigenvalue weighted by atomic mass is 10.2. The molecule has 0 unspecified atom stereocenters. The number of allylic oxidation sites excluding steroid dienone is 1. The van der Waals surface area contributed by atoms with Gasteiger partial charge in [-0.15, -0.1) is 12.6 Å². The molecule has 2 N–H and O–H groups in total. The minimum absolute atomic E-state index is 0.0682. The van der Waals surface area contributed by atoms with Gasteiger partial charge < -0.3 is 10.2 Å². The number of anilines is 2. The van der Waals surface area contributed by atoms with Gasteiger partial charge in [0.1, 0.15) is 0 Å². The van der Waals surface area contributed by atoms with Gasteiger partial charge in [-0.3, -0.25) is 19.9 Å². The maximum atomic E-state index is 12.0. The van der Waals surface area contributed by atoms with Crippen molar-refractivity contribution in [3.05, 3.63) is 65.1 Å². The van der Waals surface area contributed by atoms with E-state index in [2.05, 4.69) is 12.6 Å². The Balaban J connectivity index is 0.000000234. The number of nitrogens with zero attached hydrogens (tertiary/aromatic N) is 2. The number of rotatable bonds is 4. The van der Waals surface area contributed by atoms with Crippen LogP contribution >= 0.6 is 24.4 Å². The number of amides is 2. The average molecular weight is 497 g/mol. The number of alkyl halides is 3. The van der Waals surface area contributed by atoms with E-state index in [0.717, 1.165) is 5.56 Å². The molecule has 0 atom stereocenters. The number of hydrogen-bond donors (Lipinski definition) is 3. The van der Waals surface area contributed by atoms with Crippen molar-refractivity contribution in [3.63, 3.8) is 0 Å². The summed E-state index contributed by atoms with van der Waals surface area (Å²) in [6.07, 6.45) is -3.13. The molecule has 0 aromatic heterocycles. The minimum atomic E-state index is -4.89. The monoisotopic (exact) mass is 496 g/mol. The SMILES string of the molecule is C/C=C1\SC(=N)N(Cc2ccccc2)C1=O.CN(C)c1cc(NC(=O)C(F)(F)F)ccc1S. The second-order valence-electron chi connectivity index (χ2n) is 6.99. The fraction of sp³-hybridized carbons (Fsp3) is 0.227.